The van der Waals surface area contributed by atoms with Crippen LogP contribution in [0.15, 0.2) is 73.1 Å². The maximum absolute atomic E-state index is 12.8. The van der Waals surface area contributed by atoms with Crippen LogP contribution in [0.1, 0.15) is 29.9 Å². The van der Waals surface area contributed by atoms with E-state index < -0.39 is 0 Å². The van der Waals surface area contributed by atoms with E-state index in [0.717, 1.165) is 71.3 Å². The molecule has 3 aromatic heterocycles. The van der Waals surface area contributed by atoms with Crippen LogP contribution in [0.5, 0.6) is 0 Å². The topological polar surface area (TPSA) is 83.0 Å². The molecule has 2 N–H and O–H groups in total. The van der Waals surface area contributed by atoms with Gasteiger partial charge in [0.2, 0.25) is 0 Å². The van der Waals surface area contributed by atoms with Crippen LogP contribution in [0.2, 0.25) is 0 Å². The molecule has 0 unspecified atom stereocenters. The van der Waals surface area contributed by atoms with Gasteiger partial charge in [0, 0.05) is 67.0 Å². The second kappa shape index (κ2) is 10.9. The smallest absolute Gasteiger partial charge is 0.253 e. The lowest BCUT2D eigenvalue weighted by atomic mass is 10.0. The van der Waals surface area contributed by atoms with Crippen molar-refractivity contribution in [2.24, 2.45) is 0 Å². The minimum absolute atomic E-state index is 0.0826. The summed E-state index contributed by atoms with van der Waals surface area (Å²) >= 11 is 0. The fourth-order valence-corrected chi connectivity index (χ4v) is 4.50. The Morgan fingerprint density at radius 1 is 0.865 bits per heavy atom. The Morgan fingerprint density at radius 3 is 2.30 bits per heavy atom. The van der Waals surface area contributed by atoms with E-state index in [1.54, 1.807) is 0 Å². The first-order chi connectivity index (χ1) is 18.0. The van der Waals surface area contributed by atoms with Gasteiger partial charge in [0.05, 0.1) is 11.4 Å². The summed E-state index contributed by atoms with van der Waals surface area (Å²) in [7, 11) is 0. The van der Waals surface area contributed by atoms with E-state index in [-0.39, 0.29) is 11.9 Å². The Labute approximate surface area is 218 Å². The third-order valence-corrected chi connectivity index (χ3v) is 6.35. The first-order valence-electron chi connectivity index (χ1n) is 12.7. The highest BCUT2D eigenvalue weighted by atomic mass is 16.2. The third-order valence-electron chi connectivity index (χ3n) is 6.35. The Bertz CT molecular complexity index is 1390. The average Bonchev–Trinajstić information content (AvgIpc) is 2.93. The number of anilines is 1. The number of piperazine rings is 1. The van der Waals surface area contributed by atoms with Gasteiger partial charge in [-0.1, -0.05) is 18.2 Å². The van der Waals surface area contributed by atoms with Crippen molar-refractivity contribution < 1.29 is 4.79 Å². The number of aromatic nitrogens is 3. The van der Waals surface area contributed by atoms with Crippen molar-refractivity contribution in [1.29, 1.82) is 0 Å². The van der Waals surface area contributed by atoms with Gasteiger partial charge in [0.15, 0.2) is 0 Å². The summed E-state index contributed by atoms with van der Waals surface area (Å²) in [5, 5.41) is 6.72. The monoisotopic (exact) mass is 492 g/mol. The molecule has 1 saturated heterocycles. The van der Waals surface area contributed by atoms with E-state index in [1.165, 1.54) is 0 Å². The molecule has 0 radical (unpaired) electrons. The summed E-state index contributed by atoms with van der Waals surface area (Å²) in [5.41, 5.74) is 7.31. The lowest BCUT2D eigenvalue weighted by molar-refractivity contribution is 0.0736. The molecule has 0 bridgehead atoms. The molecule has 1 fully saturated rings. The second-order valence-corrected chi connectivity index (χ2v) is 9.67. The average molecular weight is 493 g/mol. The van der Waals surface area contributed by atoms with Gasteiger partial charge < -0.3 is 15.5 Å². The largest absolute Gasteiger partial charge is 0.368 e. The third kappa shape index (κ3) is 5.84. The van der Waals surface area contributed by atoms with Gasteiger partial charge in [-0.05, 0) is 74.4 Å². The number of rotatable bonds is 6. The molecule has 0 saturated carbocycles. The minimum atomic E-state index is 0.0826. The number of amides is 1. The van der Waals surface area contributed by atoms with Crippen molar-refractivity contribution in [3.63, 3.8) is 0 Å². The van der Waals surface area contributed by atoms with Gasteiger partial charge in [-0.3, -0.25) is 14.8 Å². The van der Waals surface area contributed by atoms with Crippen molar-refractivity contribution in [3.8, 4) is 33.6 Å². The Kier molecular flexibility index (Phi) is 7.23. The van der Waals surface area contributed by atoms with E-state index in [9.17, 15) is 4.79 Å². The van der Waals surface area contributed by atoms with Crippen LogP contribution in [-0.2, 0) is 0 Å². The van der Waals surface area contributed by atoms with Crippen LogP contribution in [0.3, 0.4) is 0 Å². The zero-order valence-electron chi connectivity index (χ0n) is 21.5. The molecular formula is C30H32N6O. The van der Waals surface area contributed by atoms with Crippen LogP contribution in [-0.4, -0.2) is 58.0 Å². The highest BCUT2D eigenvalue weighted by Crippen LogP contribution is 2.30. The van der Waals surface area contributed by atoms with Gasteiger partial charge in [0.1, 0.15) is 5.82 Å². The second-order valence-electron chi connectivity index (χ2n) is 9.67. The number of carbonyl (C=O) groups excluding carboxylic acids is 1. The summed E-state index contributed by atoms with van der Waals surface area (Å²) < 4.78 is 0. The number of aryl methyl sites for hydroxylation is 1. The standard InChI is InChI=1S/C30H32N6O/c1-20(2)33-29-17-24(16-28(35-29)27-6-4-5-21(3)34-27)26-15-25(18-32-19-26)22-7-9-23(10-8-22)30(37)36-13-11-31-12-14-36/h4-10,15-20,31H,11-14H2,1-3H3,(H,33,35). The van der Waals surface area contributed by atoms with Crippen LogP contribution in [0.25, 0.3) is 33.6 Å². The summed E-state index contributed by atoms with van der Waals surface area (Å²) in [6.07, 6.45) is 3.72. The van der Waals surface area contributed by atoms with Crippen LogP contribution in [0.4, 0.5) is 5.82 Å². The molecule has 1 aromatic carbocycles. The van der Waals surface area contributed by atoms with Crippen LogP contribution >= 0.6 is 0 Å². The zero-order valence-corrected chi connectivity index (χ0v) is 21.5. The molecular weight excluding hydrogens is 460 g/mol. The molecule has 0 aliphatic carbocycles. The summed E-state index contributed by atoms with van der Waals surface area (Å²) in [6, 6.07) is 20.3. The number of nitrogens with one attached hydrogen (secondary N) is 2. The Morgan fingerprint density at radius 2 is 1.59 bits per heavy atom. The molecule has 1 amide bonds. The lowest BCUT2D eigenvalue weighted by Crippen LogP contribution is -2.46. The summed E-state index contributed by atoms with van der Waals surface area (Å²) in [5.74, 6) is 0.881. The van der Waals surface area contributed by atoms with Crippen molar-refractivity contribution in [1.82, 2.24) is 25.2 Å². The van der Waals surface area contributed by atoms with Crippen LogP contribution < -0.4 is 10.6 Å². The predicted molar refractivity (Wildman–Crippen MR) is 148 cm³/mol. The van der Waals surface area contributed by atoms with E-state index in [1.807, 2.05) is 66.7 Å². The molecule has 37 heavy (non-hydrogen) atoms. The van der Waals surface area contributed by atoms with Gasteiger partial charge in [-0.2, -0.15) is 0 Å². The van der Waals surface area contributed by atoms with E-state index in [2.05, 4.69) is 52.6 Å². The molecule has 5 rings (SSSR count). The SMILES string of the molecule is Cc1cccc(-c2cc(-c3cncc(-c4ccc(C(=O)N5CCNCC5)cc4)c3)cc(NC(C)C)n2)n1. The summed E-state index contributed by atoms with van der Waals surface area (Å²) in [4.78, 5) is 28.8. The molecule has 188 valence electrons. The fraction of sp³-hybridized carbons (Fsp3) is 0.267. The van der Waals surface area contributed by atoms with Crippen LogP contribution in [0, 0.1) is 6.92 Å². The van der Waals surface area contributed by atoms with Gasteiger partial charge >= 0.3 is 0 Å². The van der Waals surface area contributed by atoms with Crippen molar-refractivity contribution in [2.45, 2.75) is 26.8 Å². The fourth-order valence-electron chi connectivity index (χ4n) is 4.50. The molecule has 1 aliphatic heterocycles. The zero-order chi connectivity index (χ0) is 25.8. The van der Waals surface area contributed by atoms with E-state index in [4.69, 9.17) is 4.98 Å². The summed E-state index contributed by atoms with van der Waals surface area (Å²) in [6.45, 7) is 9.34. The number of hydrogen-bond acceptors (Lipinski definition) is 6. The molecule has 1 aliphatic rings. The normalized spacial score (nSPS) is 13.6. The van der Waals surface area contributed by atoms with E-state index >= 15 is 0 Å². The molecule has 0 atom stereocenters. The first-order valence-corrected chi connectivity index (χ1v) is 12.7. The number of benzene rings is 1. The van der Waals surface area contributed by atoms with Crippen molar-refractivity contribution in [2.75, 3.05) is 31.5 Å². The molecule has 4 heterocycles. The maximum Gasteiger partial charge on any atom is 0.253 e. The van der Waals surface area contributed by atoms with Gasteiger partial charge in [-0.25, -0.2) is 4.98 Å². The van der Waals surface area contributed by atoms with Crippen molar-refractivity contribution >= 4 is 11.7 Å². The molecule has 7 heteroatoms. The Balaban J connectivity index is 1.46. The van der Waals surface area contributed by atoms with E-state index in [0.29, 0.717) is 5.56 Å². The number of pyridine rings is 3. The minimum Gasteiger partial charge on any atom is -0.368 e. The number of hydrogen-bond donors (Lipinski definition) is 2. The lowest BCUT2D eigenvalue weighted by Gasteiger charge is -2.27. The number of carbonyl (C=O) groups is 1. The molecule has 0 spiro atoms. The van der Waals surface area contributed by atoms with Gasteiger partial charge in [0.25, 0.3) is 5.91 Å². The highest BCUT2D eigenvalue weighted by Gasteiger charge is 2.18. The van der Waals surface area contributed by atoms with Gasteiger partial charge in [-0.15, -0.1) is 0 Å². The maximum atomic E-state index is 12.8. The molecule has 4 aromatic rings. The predicted octanol–water partition coefficient (Wildman–Crippen LogP) is 5.05. The Hall–Kier alpha value is -4.10. The molecule has 7 nitrogen and oxygen atoms in total. The first kappa shape index (κ1) is 24.6. The quantitative estimate of drug-likeness (QED) is 0.392. The highest BCUT2D eigenvalue weighted by molar-refractivity contribution is 5.95. The van der Waals surface area contributed by atoms with Crippen molar-refractivity contribution in [3.05, 3.63) is 84.3 Å². The number of nitrogens with zero attached hydrogens (tertiary/aromatic N) is 4.